The zero-order valence-electron chi connectivity index (χ0n) is 9.92. The molecule has 1 aromatic carbocycles. The SMILES string of the molecule is CNC(=O)N(C)Cc1ccc2c(c1)CCC2. The summed E-state index contributed by atoms with van der Waals surface area (Å²) in [5.74, 6) is 0. The minimum absolute atomic E-state index is 0.0412. The van der Waals surface area contributed by atoms with Crippen LogP contribution < -0.4 is 5.32 Å². The van der Waals surface area contributed by atoms with E-state index in [2.05, 4.69) is 23.5 Å². The van der Waals surface area contributed by atoms with E-state index in [0.29, 0.717) is 6.54 Å². The Morgan fingerprint density at radius 1 is 1.38 bits per heavy atom. The number of nitrogens with zero attached hydrogens (tertiary/aromatic N) is 1. The van der Waals surface area contributed by atoms with E-state index in [4.69, 9.17) is 0 Å². The summed E-state index contributed by atoms with van der Waals surface area (Å²) in [4.78, 5) is 13.1. The molecule has 1 N–H and O–H groups in total. The maximum Gasteiger partial charge on any atom is 0.317 e. The number of amides is 2. The van der Waals surface area contributed by atoms with E-state index < -0.39 is 0 Å². The highest BCUT2D eigenvalue weighted by molar-refractivity contribution is 5.73. The molecule has 3 heteroatoms. The molecule has 1 aromatic rings. The number of benzene rings is 1. The first-order chi connectivity index (χ1) is 7.70. The molecule has 0 saturated carbocycles. The zero-order chi connectivity index (χ0) is 11.5. The van der Waals surface area contributed by atoms with E-state index in [0.717, 1.165) is 0 Å². The second-order valence-electron chi connectivity index (χ2n) is 4.37. The molecule has 0 aliphatic heterocycles. The molecule has 0 spiro atoms. The number of nitrogens with one attached hydrogen (secondary N) is 1. The summed E-state index contributed by atoms with van der Waals surface area (Å²) in [6.45, 7) is 0.674. The van der Waals surface area contributed by atoms with Crippen LogP contribution in [-0.2, 0) is 19.4 Å². The largest absolute Gasteiger partial charge is 0.341 e. The predicted molar refractivity (Wildman–Crippen MR) is 64.4 cm³/mol. The Hall–Kier alpha value is -1.51. The van der Waals surface area contributed by atoms with E-state index in [-0.39, 0.29) is 6.03 Å². The van der Waals surface area contributed by atoms with Crippen molar-refractivity contribution in [2.45, 2.75) is 25.8 Å². The number of carbonyl (C=O) groups excluding carboxylic acids is 1. The number of fused-ring (bicyclic) bond motifs is 1. The van der Waals surface area contributed by atoms with Crippen molar-refractivity contribution >= 4 is 6.03 Å². The summed E-state index contributed by atoms with van der Waals surface area (Å²) in [6, 6.07) is 6.53. The normalized spacial score (nSPS) is 13.4. The van der Waals surface area contributed by atoms with Crippen molar-refractivity contribution in [1.29, 1.82) is 0 Å². The van der Waals surface area contributed by atoms with Crippen molar-refractivity contribution in [1.82, 2.24) is 10.2 Å². The van der Waals surface area contributed by atoms with E-state index in [9.17, 15) is 4.79 Å². The zero-order valence-corrected chi connectivity index (χ0v) is 9.92. The van der Waals surface area contributed by atoms with Gasteiger partial charge in [0, 0.05) is 20.6 Å². The first-order valence-electron chi connectivity index (χ1n) is 5.74. The summed E-state index contributed by atoms with van der Waals surface area (Å²) < 4.78 is 0. The summed E-state index contributed by atoms with van der Waals surface area (Å²) in [6.07, 6.45) is 3.66. The first kappa shape index (κ1) is 11.0. The number of aryl methyl sites for hydroxylation is 2. The van der Waals surface area contributed by atoms with Gasteiger partial charge in [0.15, 0.2) is 0 Å². The average molecular weight is 218 g/mol. The fraction of sp³-hybridized carbons (Fsp3) is 0.462. The molecule has 86 valence electrons. The Morgan fingerprint density at radius 3 is 2.88 bits per heavy atom. The fourth-order valence-electron chi connectivity index (χ4n) is 2.26. The third kappa shape index (κ3) is 2.18. The second kappa shape index (κ2) is 4.56. The van der Waals surface area contributed by atoms with Gasteiger partial charge in [-0.05, 0) is 36.0 Å². The third-order valence-electron chi connectivity index (χ3n) is 3.14. The standard InChI is InChI=1S/C13H18N2O/c1-14-13(16)15(2)9-10-6-7-11-4-3-5-12(11)8-10/h6-8H,3-5,9H2,1-2H3,(H,14,16). The minimum Gasteiger partial charge on any atom is -0.341 e. The average Bonchev–Trinajstić information content (AvgIpc) is 2.75. The fourth-order valence-corrected chi connectivity index (χ4v) is 2.26. The van der Waals surface area contributed by atoms with Gasteiger partial charge in [-0.2, -0.15) is 0 Å². The molecule has 0 bridgehead atoms. The molecule has 0 atom stereocenters. The molecule has 1 aliphatic rings. The summed E-state index contributed by atoms with van der Waals surface area (Å²) in [5, 5.41) is 2.62. The van der Waals surface area contributed by atoms with Gasteiger partial charge in [0.2, 0.25) is 0 Å². The van der Waals surface area contributed by atoms with Gasteiger partial charge in [-0.25, -0.2) is 4.79 Å². The Bertz CT molecular complexity index is 401. The quantitative estimate of drug-likeness (QED) is 0.808. The summed E-state index contributed by atoms with van der Waals surface area (Å²) >= 11 is 0. The molecule has 0 radical (unpaired) electrons. The molecule has 2 amide bonds. The topological polar surface area (TPSA) is 32.3 Å². The van der Waals surface area contributed by atoms with E-state index in [1.165, 1.54) is 36.0 Å². The van der Waals surface area contributed by atoms with Gasteiger partial charge in [0.1, 0.15) is 0 Å². The van der Waals surface area contributed by atoms with Crippen LogP contribution in [0.15, 0.2) is 18.2 Å². The highest BCUT2D eigenvalue weighted by Gasteiger charge is 2.12. The van der Waals surface area contributed by atoms with Crippen molar-refractivity contribution < 1.29 is 4.79 Å². The van der Waals surface area contributed by atoms with E-state index in [1.807, 2.05) is 7.05 Å². The van der Waals surface area contributed by atoms with E-state index in [1.54, 1.807) is 11.9 Å². The smallest absolute Gasteiger partial charge is 0.317 e. The molecule has 1 aliphatic carbocycles. The van der Waals surface area contributed by atoms with Crippen LogP contribution in [0.5, 0.6) is 0 Å². The number of hydrogen-bond acceptors (Lipinski definition) is 1. The summed E-state index contributed by atoms with van der Waals surface area (Å²) in [7, 11) is 3.47. The van der Waals surface area contributed by atoms with Crippen LogP contribution >= 0.6 is 0 Å². The Labute approximate surface area is 96.5 Å². The van der Waals surface area contributed by atoms with Gasteiger partial charge in [0.25, 0.3) is 0 Å². The monoisotopic (exact) mass is 218 g/mol. The molecule has 16 heavy (non-hydrogen) atoms. The predicted octanol–water partition coefficient (Wildman–Crippen LogP) is 1.95. The van der Waals surface area contributed by atoms with Gasteiger partial charge in [-0.1, -0.05) is 18.2 Å². The Kier molecular flexibility index (Phi) is 3.13. The van der Waals surface area contributed by atoms with Crippen LogP contribution in [0.25, 0.3) is 0 Å². The first-order valence-corrected chi connectivity index (χ1v) is 5.74. The molecular formula is C13H18N2O. The van der Waals surface area contributed by atoms with Crippen LogP contribution in [-0.4, -0.2) is 25.0 Å². The van der Waals surface area contributed by atoms with Crippen molar-refractivity contribution in [2.75, 3.05) is 14.1 Å². The lowest BCUT2D eigenvalue weighted by Gasteiger charge is -2.17. The lowest BCUT2D eigenvalue weighted by atomic mass is 10.1. The van der Waals surface area contributed by atoms with Crippen molar-refractivity contribution in [3.8, 4) is 0 Å². The molecule has 0 aromatic heterocycles. The van der Waals surface area contributed by atoms with Crippen LogP contribution in [0.2, 0.25) is 0 Å². The second-order valence-corrected chi connectivity index (χ2v) is 4.37. The van der Waals surface area contributed by atoms with Crippen LogP contribution in [0.3, 0.4) is 0 Å². The molecule has 0 saturated heterocycles. The maximum absolute atomic E-state index is 11.4. The van der Waals surface area contributed by atoms with Crippen molar-refractivity contribution in [2.24, 2.45) is 0 Å². The number of urea groups is 1. The molecule has 2 rings (SSSR count). The number of rotatable bonds is 2. The van der Waals surface area contributed by atoms with Crippen molar-refractivity contribution in [3.05, 3.63) is 34.9 Å². The van der Waals surface area contributed by atoms with Gasteiger partial charge >= 0.3 is 6.03 Å². The van der Waals surface area contributed by atoms with Crippen LogP contribution in [0, 0.1) is 0 Å². The van der Waals surface area contributed by atoms with Gasteiger partial charge in [0.05, 0.1) is 0 Å². The molecule has 0 heterocycles. The number of hydrogen-bond donors (Lipinski definition) is 1. The summed E-state index contributed by atoms with van der Waals surface area (Å²) in [5.41, 5.74) is 4.15. The molecule has 0 fully saturated rings. The minimum atomic E-state index is -0.0412. The highest BCUT2D eigenvalue weighted by atomic mass is 16.2. The Morgan fingerprint density at radius 2 is 2.12 bits per heavy atom. The van der Waals surface area contributed by atoms with Crippen LogP contribution in [0.4, 0.5) is 4.79 Å². The molecule has 0 unspecified atom stereocenters. The third-order valence-corrected chi connectivity index (χ3v) is 3.14. The van der Waals surface area contributed by atoms with Gasteiger partial charge in [-0.3, -0.25) is 0 Å². The van der Waals surface area contributed by atoms with Crippen molar-refractivity contribution in [3.63, 3.8) is 0 Å². The Balaban J connectivity index is 2.08. The van der Waals surface area contributed by atoms with Crippen LogP contribution in [0.1, 0.15) is 23.1 Å². The maximum atomic E-state index is 11.4. The highest BCUT2D eigenvalue weighted by Crippen LogP contribution is 2.23. The lowest BCUT2D eigenvalue weighted by Crippen LogP contribution is -2.34. The lowest BCUT2D eigenvalue weighted by molar-refractivity contribution is 0.209. The molecule has 3 nitrogen and oxygen atoms in total. The van der Waals surface area contributed by atoms with E-state index >= 15 is 0 Å². The van der Waals surface area contributed by atoms with Gasteiger partial charge < -0.3 is 10.2 Å². The number of carbonyl (C=O) groups is 1. The van der Waals surface area contributed by atoms with Gasteiger partial charge in [-0.15, -0.1) is 0 Å². The molecular weight excluding hydrogens is 200 g/mol.